The van der Waals surface area contributed by atoms with Gasteiger partial charge in [-0.25, -0.2) is 8.42 Å². The standard InChI is InChI=1S/C10H13F3N2O2S2/c11-10(12,13)8-4-3-7(14)6-15(8)19(16,17)9-2-1-5-18-9/h1-2,5,7-8H,3-4,6,14H2/t7-,8-/m1/s1. The van der Waals surface area contributed by atoms with Crippen molar-refractivity contribution < 1.29 is 21.6 Å². The maximum Gasteiger partial charge on any atom is 0.405 e. The summed E-state index contributed by atoms with van der Waals surface area (Å²) in [5.41, 5.74) is 5.61. The van der Waals surface area contributed by atoms with Crippen molar-refractivity contribution in [1.29, 1.82) is 0 Å². The van der Waals surface area contributed by atoms with Gasteiger partial charge in [0, 0.05) is 12.6 Å². The van der Waals surface area contributed by atoms with Crippen molar-refractivity contribution >= 4 is 21.4 Å². The molecule has 0 aliphatic carbocycles. The van der Waals surface area contributed by atoms with Gasteiger partial charge in [0.2, 0.25) is 0 Å². The van der Waals surface area contributed by atoms with Crippen LogP contribution in [0.1, 0.15) is 12.8 Å². The highest BCUT2D eigenvalue weighted by atomic mass is 32.2. The Morgan fingerprint density at radius 3 is 2.58 bits per heavy atom. The molecule has 1 aromatic heterocycles. The van der Waals surface area contributed by atoms with Crippen LogP contribution in [-0.4, -0.2) is 37.5 Å². The molecule has 0 spiro atoms. The molecule has 1 aliphatic rings. The van der Waals surface area contributed by atoms with E-state index in [2.05, 4.69) is 0 Å². The monoisotopic (exact) mass is 314 g/mol. The van der Waals surface area contributed by atoms with Crippen LogP contribution in [0, 0.1) is 0 Å². The van der Waals surface area contributed by atoms with E-state index in [-0.39, 0.29) is 23.6 Å². The molecule has 2 heterocycles. The summed E-state index contributed by atoms with van der Waals surface area (Å²) in [6.45, 7) is -0.301. The van der Waals surface area contributed by atoms with Crippen LogP contribution < -0.4 is 5.73 Å². The summed E-state index contributed by atoms with van der Waals surface area (Å²) in [4.78, 5) is 0. The fourth-order valence-corrected chi connectivity index (χ4v) is 4.90. The van der Waals surface area contributed by atoms with E-state index in [4.69, 9.17) is 5.73 Å². The van der Waals surface area contributed by atoms with Crippen LogP contribution in [0.15, 0.2) is 21.7 Å². The fourth-order valence-electron chi connectivity index (χ4n) is 2.08. The number of halogens is 3. The van der Waals surface area contributed by atoms with Gasteiger partial charge in [-0.3, -0.25) is 0 Å². The Kier molecular flexibility index (Phi) is 3.92. The number of hydrogen-bond donors (Lipinski definition) is 1. The molecule has 0 amide bonds. The molecule has 108 valence electrons. The van der Waals surface area contributed by atoms with Crippen LogP contribution in [0.2, 0.25) is 0 Å². The van der Waals surface area contributed by atoms with E-state index >= 15 is 0 Å². The number of alkyl halides is 3. The SMILES string of the molecule is N[C@@H]1CC[C@H](C(F)(F)F)N(S(=O)(=O)c2cccs2)C1. The van der Waals surface area contributed by atoms with E-state index in [1.54, 1.807) is 0 Å². The first-order valence-corrected chi connectivity index (χ1v) is 7.92. The molecular weight excluding hydrogens is 301 g/mol. The Hall–Kier alpha value is -0.640. The van der Waals surface area contributed by atoms with E-state index in [0.717, 1.165) is 11.3 Å². The molecule has 0 bridgehead atoms. The molecule has 4 nitrogen and oxygen atoms in total. The molecular formula is C10H13F3N2O2S2. The smallest absolute Gasteiger partial charge is 0.327 e. The lowest BCUT2D eigenvalue weighted by atomic mass is 10.0. The van der Waals surface area contributed by atoms with E-state index in [1.807, 2.05) is 0 Å². The number of nitrogens with zero attached hydrogens (tertiary/aromatic N) is 1. The molecule has 1 saturated heterocycles. The molecule has 0 unspecified atom stereocenters. The van der Waals surface area contributed by atoms with Gasteiger partial charge in [-0.15, -0.1) is 11.3 Å². The summed E-state index contributed by atoms with van der Waals surface area (Å²) in [6.07, 6.45) is -4.71. The molecule has 0 saturated carbocycles. The third-order valence-electron chi connectivity index (χ3n) is 3.01. The summed E-state index contributed by atoms with van der Waals surface area (Å²) in [5.74, 6) is 0. The van der Waals surface area contributed by atoms with E-state index < -0.39 is 28.3 Å². The Bertz CT molecular complexity index is 527. The Morgan fingerprint density at radius 2 is 2.05 bits per heavy atom. The highest BCUT2D eigenvalue weighted by Crippen LogP contribution is 2.35. The van der Waals surface area contributed by atoms with Crippen LogP contribution in [0.25, 0.3) is 0 Å². The van der Waals surface area contributed by atoms with Gasteiger partial charge in [0.15, 0.2) is 0 Å². The average molecular weight is 314 g/mol. The summed E-state index contributed by atoms with van der Waals surface area (Å²) < 4.78 is 63.7. The lowest BCUT2D eigenvalue weighted by Crippen LogP contribution is -2.56. The van der Waals surface area contributed by atoms with E-state index in [0.29, 0.717) is 4.31 Å². The second-order valence-corrected chi connectivity index (χ2v) is 7.47. The lowest BCUT2D eigenvalue weighted by Gasteiger charge is -2.37. The summed E-state index contributed by atoms with van der Waals surface area (Å²) in [7, 11) is -4.13. The van der Waals surface area contributed by atoms with Crippen molar-refractivity contribution in [2.75, 3.05) is 6.54 Å². The Balaban J connectivity index is 2.38. The molecule has 2 atom stereocenters. The third kappa shape index (κ3) is 2.93. The zero-order valence-corrected chi connectivity index (χ0v) is 11.4. The van der Waals surface area contributed by atoms with Crippen molar-refractivity contribution in [3.63, 3.8) is 0 Å². The maximum absolute atomic E-state index is 12.9. The van der Waals surface area contributed by atoms with E-state index in [1.165, 1.54) is 17.5 Å². The zero-order valence-electron chi connectivity index (χ0n) is 9.80. The van der Waals surface area contributed by atoms with Gasteiger partial charge >= 0.3 is 6.18 Å². The minimum absolute atomic E-state index is 0.0872. The van der Waals surface area contributed by atoms with Crippen molar-refractivity contribution in [1.82, 2.24) is 4.31 Å². The van der Waals surface area contributed by atoms with Gasteiger partial charge in [-0.2, -0.15) is 17.5 Å². The van der Waals surface area contributed by atoms with Gasteiger partial charge in [0.25, 0.3) is 10.0 Å². The minimum Gasteiger partial charge on any atom is -0.327 e. The third-order valence-corrected chi connectivity index (χ3v) is 6.26. The molecule has 19 heavy (non-hydrogen) atoms. The molecule has 1 aromatic rings. The Labute approximate surface area is 113 Å². The maximum atomic E-state index is 12.9. The first kappa shape index (κ1) is 14.8. The number of thiophene rings is 1. The van der Waals surface area contributed by atoms with Crippen LogP contribution >= 0.6 is 11.3 Å². The second-order valence-electron chi connectivity index (χ2n) is 4.40. The van der Waals surface area contributed by atoms with Crippen LogP contribution in [0.4, 0.5) is 13.2 Å². The molecule has 0 aromatic carbocycles. The zero-order chi connectivity index (χ0) is 14.3. The number of sulfonamides is 1. The predicted octanol–water partition coefficient (Wildman–Crippen LogP) is 1.79. The van der Waals surface area contributed by atoms with E-state index in [9.17, 15) is 21.6 Å². The highest BCUT2D eigenvalue weighted by Gasteiger charge is 2.50. The lowest BCUT2D eigenvalue weighted by molar-refractivity contribution is -0.178. The molecule has 9 heteroatoms. The molecule has 1 aliphatic heterocycles. The average Bonchev–Trinajstić information content (AvgIpc) is 2.81. The molecule has 2 N–H and O–H groups in total. The summed E-state index contributed by atoms with van der Waals surface area (Å²) in [6, 6.07) is 0.241. The quantitative estimate of drug-likeness (QED) is 0.905. The number of piperidine rings is 1. The number of hydrogen-bond acceptors (Lipinski definition) is 4. The number of nitrogens with two attached hydrogens (primary N) is 1. The first-order chi connectivity index (χ1) is 8.73. The van der Waals surface area contributed by atoms with Crippen molar-refractivity contribution in [3.05, 3.63) is 17.5 Å². The molecule has 2 rings (SSSR count). The highest BCUT2D eigenvalue weighted by molar-refractivity contribution is 7.91. The topological polar surface area (TPSA) is 63.4 Å². The largest absolute Gasteiger partial charge is 0.405 e. The molecule has 1 fully saturated rings. The van der Waals surface area contributed by atoms with Crippen LogP contribution in [0.3, 0.4) is 0 Å². The van der Waals surface area contributed by atoms with Crippen molar-refractivity contribution in [3.8, 4) is 0 Å². The predicted molar refractivity (Wildman–Crippen MR) is 65.3 cm³/mol. The van der Waals surface area contributed by atoms with Crippen molar-refractivity contribution in [2.24, 2.45) is 5.73 Å². The molecule has 0 radical (unpaired) electrons. The Morgan fingerprint density at radius 1 is 1.37 bits per heavy atom. The normalized spacial score (nSPS) is 26.5. The fraction of sp³-hybridized carbons (Fsp3) is 0.600. The van der Waals surface area contributed by atoms with Gasteiger partial charge in [-0.1, -0.05) is 6.07 Å². The van der Waals surface area contributed by atoms with Gasteiger partial charge in [0.05, 0.1) is 0 Å². The minimum atomic E-state index is -4.58. The van der Waals surface area contributed by atoms with Crippen LogP contribution in [0.5, 0.6) is 0 Å². The van der Waals surface area contributed by atoms with Gasteiger partial charge < -0.3 is 5.73 Å². The summed E-state index contributed by atoms with van der Waals surface area (Å²) in [5, 5.41) is 1.51. The van der Waals surface area contributed by atoms with Gasteiger partial charge in [-0.05, 0) is 24.3 Å². The van der Waals surface area contributed by atoms with Crippen LogP contribution in [-0.2, 0) is 10.0 Å². The summed E-state index contributed by atoms with van der Waals surface area (Å²) >= 11 is 0.900. The van der Waals surface area contributed by atoms with Gasteiger partial charge in [0.1, 0.15) is 10.3 Å². The van der Waals surface area contributed by atoms with Crippen molar-refractivity contribution in [2.45, 2.75) is 35.3 Å². The number of rotatable bonds is 2. The second kappa shape index (κ2) is 5.04. The first-order valence-electron chi connectivity index (χ1n) is 5.60.